The van der Waals surface area contributed by atoms with Gasteiger partial charge < -0.3 is 20.3 Å². The van der Waals surface area contributed by atoms with Crippen LogP contribution in [0.15, 0.2) is 60.8 Å². The second-order valence-electron chi connectivity index (χ2n) is 18.5. The summed E-state index contributed by atoms with van der Waals surface area (Å²) >= 11 is 0. The SMILES string of the molecule is CCCCCC/C=C\C/C=C\CCCCCCCC(=O)OCCCCCCCC/C=C\C/C=C\CCC(=O)NC(CO)C(O)/C=C/CCCCCCCCCCCCCCCCCC. The lowest BCUT2D eigenvalue weighted by molar-refractivity contribution is -0.143. The van der Waals surface area contributed by atoms with Crippen molar-refractivity contribution in [3.05, 3.63) is 60.8 Å². The minimum Gasteiger partial charge on any atom is -0.466 e. The molecule has 3 N–H and O–H groups in total. The number of hydrogen-bond donors (Lipinski definition) is 3. The molecule has 2 unspecified atom stereocenters. The van der Waals surface area contributed by atoms with Crippen LogP contribution < -0.4 is 5.32 Å². The number of carbonyl (C=O) groups excluding carboxylic acids is 2. The molecule has 0 heterocycles. The molecular weight excluding hydrogens is 791 g/mol. The van der Waals surface area contributed by atoms with E-state index in [4.69, 9.17) is 4.74 Å². The van der Waals surface area contributed by atoms with Gasteiger partial charge in [-0.3, -0.25) is 9.59 Å². The van der Waals surface area contributed by atoms with Crippen LogP contribution in [0.25, 0.3) is 0 Å². The number of rotatable bonds is 50. The van der Waals surface area contributed by atoms with Crippen molar-refractivity contribution in [2.45, 2.75) is 283 Å². The van der Waals surface area contributed by atoms with E-state index in [0.717, 1.165) is 64.2 Å². The van der Waals surface area contributed by atoms with Crippen LogP contribution in [0.4, 0.5) is 0 Å². The second-order valence-corrected chi connectivity index (χ2v) is 18.5. The summed E-state index contributed by atoms with van der Waals surface area (Å²) in [5.41, 5.74) is 0. The van der Waals surface area contributed by atoms with Gasteiger partial charge in [0.15, 0.2) is 0 Å². The van der Waals surface area contributed by atoms with Crippen molar-refractivity contribution in [2.75, 3.05) is 13.2 Å². The van der Waals surface area contributed by atoms with Gasteiger partial charge >= 0.3 is 5.97 Å². The van der Waals surface area contributed by atoms with Crippen molar-refractivity contribution in [1.29, 1.82) is 0 Å². The van der Waals surface area contributed by atoms with Crippen molar-refractivity contribution in [2.24, 2.45) is 0 Å². The van der Waals surface area contributed by atoms with Crippen LogP contribution in [0.2, 0.25) is 0 Å². The highest BCUT2D eigenvalue weighted by Crippen LogP contribution is 2.15. The molecule has 6 nitrogen and oxygen atoms in total. The van der Waals surface area contributed by atoms with E-state index in [9.17, 15) is 19.8 Å². The van der Waals surface area contributed by atoms with E-state index in [1.165, 1.54) is 173 Å². The molecule has 0 spiro atoms. The summed E-state index contributed by atoms with van der Waals surface area (Å²) in [5, 5.41) is 23.0. The molecule has 0 aromatic rings. The quantitative estimate of drug-likeness (QED) is 0.0321. The Labute approximate surface area is 397 Å². The molecule has 0 aromatic heterocycles. The molecule has 1 amide bonds. The van der Waals surface area contributed by atoms with Crippen molar-refractivity contribution < 1.29 is 24.5 Å². The molecule has 0 aliphatic heterocycles. The monoisotopic (exact) mass is 896 g/mol. The van der Waals surface area contributed by atoms with Crippen LogP contribution in [-0.4, -0.2) is 47.4 Å². The minimum atomic E-state index is -0.881. The Morgan fingerprint density at radius 1 is 0.438 bits per heavy atom. The number of ether oxygens (including phenoxy) is 1. The van der Waals surface area contributed by atoms with E-state index in [1.54, 1.807) is 6.08 Å². The Hall–Kier alpha value is -2.44. The van der Waals surface area contributed by atoms with E-state index in [-0.39, 0.29) is 18.5 Å². The van der Waals surface area contributed by atoms with E-state index in [0.29, 0.717) is 25.9 Å². The number of hydrogen-bond acceptors (Lipinski definition) is 5. The molecular formula is C58H105NO5. The molecule has 64 heavy (non-hydrogen) atoms. The zero-order valence-electron chi connectivity index (χ0n) is 42.2. The first-order chi connectivity index (χ1) is 31.5. The van der Waals surface area contributed by atoms with Gasteiger partial charge in [-0.1, -0.05) is 235 Å². The summed E-state index contributed by atoms with van der Waals surface area (Å²) in [4.78, 5) is 24.5. The molecule has 0 saturated carbocycles. The first-order valence-electron chi connectivity index (χ1n) is 27.6. The lowest BCUT2D eigenvalue weighted by atomic mass is 10.0. The van der Waals surface area contributed by atoms with Crippen molar-refractivity contribution in [3.8, 4) is 0 Å². The van der Waals surface area contributed by atoms with Gasteiger partial charge in [0.1, 0.15) is 0 Å². The maximum Gasteiger partial charge on any atom is 0.305 e. The van der Waals surface area contributed by atoms with E-state index in [1.807, 2.05) is 12.2 Å². The highest BCUT2D eigenvalue weighted by molar-refractivity contribution is 5.76. The van der Waals surface area contributed by atoms with E-state index < -0.39 is 12.1 Å². The van der Waals surface area contributed by atoms with Crippen LogP contribution in [0.5, 0.6) is 0 Å². The lowest BCUT2D eigenvalue weighted by Crippen LogP contribution is -2.45. The zero-order valence-corrected chi connectivity index (χ0v) is 42.2. The Morgan fingerprint density at radius 2 is 0.797 bits per heavy atom. The number of carbonyl (C=O) groups is 2. The maximum atomic E-state index is 12.4. The number of aliphatic hydroxyl groups is 2. The highest BCUT2D eigenvalue weighted by Gasteiger charge is 2.17. The fraction of sp³-hybridized carbons (Fsp3) is 0.793. The maximum absolute atomic E-state index is 12.4. The first kappa shape index (κ1) is 61.6. The minimum absolute atomic E-state index is 0.0327. The summed E-state index contributed by atoms with van der Waals surface area (Å²) < 4.78 is 5.45. The normalized spacial score (nSPS) is 13.1. The Bertz CT molecular complexity index is 1130. The Morgan fingerprint density at radius 3 is 1.23 bits per heavy atom. The summed E-state index contributed by atoms with van der Waals surface area (Å²) in [6, 6.07) is -0.674. The second kappa shape index (κ2) is 53.2. The number of unbranched alkanes of at least 4 members (excludes halogenated alkanes) is 31. The number of nitrogens with one attached hydrogen (secondary N) is 1. The van der Waals surface area contributed by atoms with Crippen LogP contribution >= 0.6 is 0 Å². The third kappa shape index (κ3) is 49.0. The third-order valence-corrected chi connectivity index (χ3v) is 12.3. The molecule has 0 saturated heterocycles. The fourth-order valence-electron chi connectivity index (χ4n) is 8.01. The van der Waals surface area contributed by atoms with Crippen LogP contribution in [0.1, 0.15) is 271 Å². The predicted molar refractivity (Wildman–Crippen MR) is 278 cm³/mol. The van der Waals surface area contributed by atoms with Gasteiger partial charge in [-0.15, -0.1) is 0 Å². The van der Waals surface area contributed by atoms with Crippen molar-refractivity contribution in [1.82, 2.24) is 5.32 Å². The molecule has 0 aliphatic rings. The van der Waals surface area contributed by atoms with Crippen molar-refractivity contribution >= 4 is 11.9 Å². The molecule has 0 fully saturated rings. The average molecular weight is 896 g/mol. The number of allylic oxidation sites excluding steroid dienone is 9. The van der Waals surface area contributed by atoms with Gasteiger partial charge in [-0.2, -0.15) is 0 Å². The average Bonchev–Trinajstić information content (AvgIpc) is 3.29. The summed E-state index contributed by atoms with van der Waals surface area (Å²) in [5.74, 6) is -0.182. The number of esters is 1. The molecule has 0 aromatic carbocycles. The van der Waals surface area contributed by atoms with Gasteiger partial charge in [-0.05, 0) is 83.5 Å². The molecule has 0 bridgehead atoms. The van der Waals surface area contributed by atoms with Gasteiger partial charge in [-0.25, -0.2) is 0 Å². The lowest BCUT2D eigenvalue weighted by Gasteiger charge is -2.19. The third-order valence-electron chi connectivity index (χ3n) is 12.3. The Kier molecular flexibility index (Phi) is 51.2. The van der Waals surface area contributed by atoms with Crippen molar-refractivity contribution in [3.63, 3.8) is 0 Å². The number of amides is 1. The molecule has 0 rings (SSSR count). The first-order valence-corrected chi connectivity index (χ1v) is 27.6. The molecule has 6 heteroatoms. The Balaban J connectivity index is 3.60. The smallest absolute Gasteiger partial charge is 0.305 e. The largest absolute Gasteiger partial charge is 0.466 e. The van der Waals surface area contributed by atoms with Gasteiger partial charge in [0.25, 0.3) is 0 Å². The summed E-state index contributed by atoms with van der Waals surface area (Å²) in [6.07, 6.45) is 68.1. The van der Waals surface area contributed by atoms with E-state index in [2.05, 4.69) is 61.7 Å². The predicted octanol–water partition coefficient (Wildman–Crippen LogP) is 16.8. The number of aliphatic hydroxyl groups excluding tert-OH is 2. The van der Waals surface area contributed by atoms with Crippen LogP contribution in [0, 0.1) is 0 Å². The fourth-order valence-corrected chi connectivity index (χ4v) is 8.01. The topological polar surface area (TPSA) is 95.9 Å². The summed E-state index contributed by atoms with van der Waals surface area (Å²) in [7, 11) is 0. The van der Waals surface area contributed by atoms with Gasteiger partial charge in [0.2, 0.25) is 5.91 Å². The van der Waals surface area contributed by atoms with Gasteiger partial charge in [0.05, 0.1) is 25.4 Å². The highest BCUT2D eigenvalue weighted by atomic mass is 16.5. The molecule has 2 atom stereocenters. The summed E-state index contributed by atoms with van der Waals surface area (Å²) in [6.45, 7) is 4.81. The van der Waals surface area contributed by atoms with Crippen LogP contribution in [-0.2, 0) is 14.3 Å². The van der Waals surface area contributed by atoms with Crippen LogP contribution in [0.3, 0.4) is 0 Å². The zero-order chi connectivity index (χ0) is 46.5. The van der Waals surface area contributed by atoms with E-state index >= 15 is 0 Å². The molecule has 372 valence electrons. The molecule has 0 aliphatic carbocycles. The standard InChI is InChI=1S/C58H105NO5/c1-3-5-7-9-11-13-15-17-19-21-22-23-26-30-34-38-42-46-50-56(61)55(54-60)59-57(62)51-47-43-39-35-31-27-25-29-33-37-41-45-49-53-64-58(63)52-48-44-40-36-32-28-24-20-18-16-14-12-10-8-6-4-2/h14,16,20,24,27,31,39,43,46,50,55-56,60-61H,3-13,15,17-19,21-23,25-26,28-30,32-38,40-42,44-45,47-49,51-54H2,1-2H3,(H,59,62)/b16-14-,24-20-,31-27-,43-39-,50-46+. The molecule has 0 radical (unpaired) electrons. The van der Waals surface area contributed by atoms with Gasteiger partial charge in [0, 0.05) is 12.8 Å².